The molecule has 0 aliphatic rings. The van der Waals surface area contributed by atoms with Crippen molar-refractivity contribution < 1.29 is 50.5 Å². The molecular formula is C20H24Br2N2Ni-2. The summed E-state index contributed by atoms with van der Waals surface area (Å²) in [6.07, 6.45) is 0. The number of benzene rings is 2. The minimum absolute atomic E-state index is 0. The quantitative estimate of drug-likeness (QED) is 0.404. The molecule has 2 aromatic rings. The summed E-state index contributed by atoms with van der Waals surface area (Å²) in [7, 11) is 0. The molecule has 0 radical (unpaired) electrons. The summed E-state index contributed by atoms with van der Waals surface area (Å²) in [6.45, 7) is 12.4. The van der Waals surface area contributed by atoms with E-state index in [1.807, 2.05) is 13.8 Å². The van der Waals surface area contributed by atoms with Crippen LogP contribution in [-0.4, -0.2) is 11.4 Å². The first kappa shape index (κ1) is 26.5. The van der Waals surface area contributed by atoms with E-state index in [1.54, 1.807) is 0 Å². The number of hydrogen-bond donors (Lipinski definition) is 0. The number of rotatable bonds is 3. The molecule has 0 aromatic heterocycles. The predicted octanol–water partition coefficient (Wildman–Crippen LogP) is -0.189. The molecule has 2 nitrogen and oxygen atoms in total. The molecule has 0 saturated heterocycles. The monoisotopic (exact) mass is 508 g/mol. The molecule has 0 fully saturated rings. The van der Waals surface area contributed by atoms with Crippen LogP contribution in [0.2, 0.25) is 0 Å². The summed E-state index contributed by atoms with van der Waals surface area (Å²) >= 11 is 0. The maximum absolute atomic E-state index is 4.80. The Bertz CT molecular complexity index is 662. The number of hydrogen-bond acceptors (Lipinski definition) is 2. The van der Waals surface area contributed by atoms with E-state index in [9.17, 15) is 0 Å². The maximum Gasteiger partial charge on any atom is 0.0691 e. The topological polar surface area (TPSA) is 24.7 Å². The zero-order valence-electron chi connectivity index (χ0n) is 15.4. The van der Waals surface area contributed by atoms with E-state index in [4.69, 9.17) is 9.98 Å². The van der Waals surface area contributed by atoms with E-state index in [2.05, 4.69) is 64.1 Å². The molecule has 0 amide bonds. The van der Waals surface area contributed by atoms with E-state index in [1.165, 1.54) is 22.3 Å². The number of aryl methyl sites for hydroxylation is 4. The fourth-order valence-corrected chi connectivity index (χ4v) is 2.46. The van der Waals surface area contributed by atoms with Crippen molar-refractivity contribution in [1.82, 2.24) is 0 Å². The van der Waals surface area contributed by atoms with Gasteiger partial charge in [-0.15, -0.1) is 0 Å². The van der Waals surface area contributed by atoms with Crippen molar-refractivity contribution in [3.8, 4) is 0 Å². The molecule has 0 N–H and O–H groups in total. The van der Waals surface area contributed by atoms with Gasteiger partial charge in [0, 0.05) is 16.5 Å². The number of aliphatic imine (C=N–C) groups is 2. The van der Waals surface area contributed by atoms with Gasteiger partial charge in [0.1, 0.15) is 0 Å². The van der Waals surface area contributed by atoms with Crippen LogP contribution in [0.25, 0.3) is 0 Å². The third-order valence-corrected chi connectivity index (χ3v) is 3.96. The molecular weight excluding hydrogens is 487 g/mol. The normalized spacial score (nSPS) is 11.1. The molecule has 140 valence electrons. The van der Waals surface area contributed by atoms with Gasteiger partial charge in [-0.1, -0.05) is 36.4 Å². The van der Waals surface area contributed by atoms with E-state index >= 15 is 0 Å². The second kappa shape index (κ2) is 11.8. The van der Waals surface area contributed by atoms with Gasteiger partial charge >= 0.3 is 0 Å². The van der Waals surface area contributed by atoms with Crippen molar-refractivity contribution in [3.63, 3.8) is 0 Å². The molecule has 2 aromatic carbocycles. The number of nitrogens with zero attached hydrogens (tertiary/aromatic N) is 2. The van der Waals surface area contributed by atoms with Crippen LogP contribution in [0, 0.1) is 27.7 Å². The first-order valence-corrected chi connectivity index (χ1v) is 7.63. The van der Waals surface area contributed by atoms with Crippen LogP contribution in [0.4, 0.5) is 11.4 Å². The van der Waals surface area contributed by atoms with Gasteiger partial charge in [0.2, 0.25) is 0 Å². The van der Waals surface area contributed by atoms with Crippen molar-refractivity contribution in [1.29, 1.82) is 0 Å². The Morgan fingerprint density at radius 1 is 0.600 bits per heavy atom. The van der Waals surface area contributed by atoms with Crippen LogP contribution in [0.15, 0.2) is 46.4 Å². The SMILES string of the molecule is CC(=Nc1c(C)cccc1C)C(C)=Nc1c(C)cccc1C.[Br-].[Br-].[Ni]. The second-order valence-electron chi connectivity index (χ2n) is 5.88. The van der Waals surface area contributed by atoms with E-state index in [0.29, 0.717) is 0 Å². The second-order valence-corrected chi connectivity index (χ2v) is 5.88. The summed E-state index contributed by atoms with van der Waals surface area (Å²) in [6, 6.07) is 12.5. The zero-order chi connectivity index (χ0) is 16.3. The smallest absolute Gasteiger partial charge is 0.0691 e. The first-order valence-electron chi connectivity index (χ1n) is 7.63. The van der Waals surface area contributed by atoms with Gasteiger partial charge in [-0.05, 0) is 63.8 Å². The van der Waals surface area contributed by atoms with Crippen molar-refractivity contribution >= 4 is 22.8 Å². The van der Waals surface area contributed by atoms with E-state index < -0.39 is 0 Å². The minimum Gasteiger partial charge on any atom is -1.00 e. The summed E-state index contributed by atoms with van der Waals surface area (Å²) in [5.41, 5.74) is 8.80. The van der Waals surface area contributed by atoms with Crippen LogP contribution >= 0.6 is 0 Å². The summed E-state index contributed by atoms with van der Waals surface area (Å²) < 4.78 is 0. The molecule has 0 heterocycles. The fourth-order valence-electron chi connectivity index (χ4n) is 2.46. The van der Waals surface area contributed by atoms with Crippen molar-refractivity contribution in [2.24, 2.45) is 9.98 Å². The van der Waals surface area contributed by atoms with Gasteiger partial charge in [0.25, 0.3) is 0 Å². The van der Waals surface area contributed by atoms with Crippen molar-refractivity contribution in [3.05, 3.63) is 58.7 Å². The van der Waals surface area contributed by atoms with Gasteiger partial charge in [0.05, 0.1) is 22.8 Å². The van der Waals surface area contributed by atoms with Crippen molar-refractivity contribution in [2.45, 2.75) is 41.5 Å². The molecule has 0 bridgehead atoms. The Morgan fingerprint density at radius 3 is 1.08 bits per heavy atom. The molecule has 0 unspecified atom stereocenters. The van der Waals surface area contributed by atoms with E-state index in [0.717, 1.165) is 22.8 Å². The Morgan fingerprint density at radius 2 is 0.840 bits per heavy atom. The summed E-state index contributed by atoms with van der Waals surface area (Å²) in [4.78, 5) is 9.60. The Kier molecular flexibility index (Phi) is 12.5. The molecule has 0 atom stereocenters. The Hall–Kier alpha value is -0.766. The molecule has 5 heteroatoms. The van der Waals surface area contributed by atoms with Gasteiger partial charge in [-0.3, -0.25) is 9.98 Å². The predicted molar refractivity (Wildman–Crippen MR) is 97.4 cm³/mol. The molecule has 0 saturated carbocycles. The van der Waals surface area contributed by atoms with Crippen molar-refractivity contribution in [2.75, 3.05) is 0 Å². The average Bonchev–Trinajstić information content (AvgIpc) is 2.46. The molecule has 2 rings (SSSR count). The number of para-hydroxylation sites is 2. The van der Waals surface area contributed by atoms with Gasteiger partial charge in [0.15, 0.2) is 0 Å². The third-order valence-electron chi connectivity index (χ3n) is 3.96. The summed E-state index contributed by atoms with van der Waals surface area (Å²) in [5.74, 6) is 0. The Labute approximate surface area is 182 Å². The van der Waals surface area contributed by atoms with Crippen LogP contribution in [0.5, 0.6) is 0 Å². The standard InChI is InChI=1S/C20H24N2.2BrH.Ni/c1-13-9-7-10-14(2)19(13)21-17(5)18(6)22-20-15(3)11-8-12-16(20)4;;;/h7-12H,1-6H3;2*1H;/p-2. The van der Waals surface area contributed by atoms with Crippen LogP contribution in [-0.2, 0) is 16.5 Å². The van der Waals surface area contributed by atoms with Gasteiger partial charge in [-0.2, -0.15) is 0 Å². The van der Waals surface area contributed by atoms with Gasteiger partial charge in [-0.25, -0.2) is 0 Å². The van der Waals surface area contributed by atoms with Crippen LogP contribution in [0.3, 0.4) is 0 Å². The molecule has 0 aliphatic heterocycles. The first-order chi connectivity index (χ1) is 10.4. The average molecular weight is 511 g/mol. The van der Waals surface area contributed by atoms with Gasteiger partial charge < -0.3 is 34.0 Å². The largest absolute Gasteiger partial charge is 1.00 e. The maximum atomic E-state index is 4.80. The minimum atomic E-state index is 0. The van der Waals surface area contributed by atoms with Crippen LogP contribution in [0.1, 0.15) is 36.1 Å². The number of halogens is 2. The zero-order valence-corrected chi connectivity index (χ0v) is 19.6. The fraction of sp³-hybridized carbons (Fsp3) is 0.300. The Balaban J connectivity index is 0. The molecule has 0 aliphatic carbocycles. The molecule has 25 heavy (non-hydrogen) atoms. The van der Waals surface area contributed by atoms with Crippen LogP contribution < -0.4 is 34.0 Å². The van der Waals surface area contributed by atoms with E-state index in [-0.39, 0.29) is 50.5 Å². The molecule has 0 spiro atoms. The third kappa shape index (κ3) is 6.81. The summed E-state index contributed by atoms with van der Waals surface area (Å²) in [5, 5.41) is 0.